The quantitative estimate of drug-likeness (QED) is 0.807. The Hall–Kier alpha value is -2.09. The van der Waals surface area contributed by atoms with Gasteiger partial charge in [0.05, 0.1) is 6.42 Å². The second kappa shape index (κ2) is 8.38. The molecule has 122 valence electrons. The van der Waals surface area contributed by atoms with Crippen LogP contribution in [0.2, 0.25) is 0 Å². The second-order valence-electron chi connectivity index (χ2n) is 4.45. The van der Waals surface area contributed by atoms with E-state index < -0.39 is 18.6 Å². The Labute approximate surface area is 125 Å². The third-order valence-electron chi connectivity index (χ3n) is 2.53. The van der Waals surface area contributed by atoms with Gasteiger partial charge in [0.2, 0.25) is 11.8 Å². The summed E-state index contributed by atoms with van der Waals surface area (Å²) in [5, 5.41) is 4.38. The molecule has 0 fully saturated rings. The van der Waals surface area contributed by atoms with E-state index in [2.05, 4.69) is 5.32 Å². The number of nitrogens with one attached hydrogen (secondary N) is 2. The van der Waals surface area contributed by atoms with E-state index in [1.807, 2.05) is 0 Å². The van der Waals surface area contributed by atoms with Crippen LogP contribution in [0.25, 0.3) is 0 Å². The van der Waals surface area contributed by atoms with Gasteiger partial charge in [-0.15, -0.1) is 0 Å². The van der Waals surface area contributed by atoms with Gasteiger partial charge in [-0.25, -0.2) is 0 Å². The summed E-state index contributed by atoms with van der Waals surface area (Å²) >= 11 is 0. The highest BCUT2D eigenvalue weighted by Gasteiger charge is 2.27. The van der Waals surface area contributed by atoms with E-state index in [9.17, 15) is 22.8 Å². The zero-order valence-corrected chi connectivity index (χ0v) is 12.0. The summed E-state index contributed by atoms with van der Waals surface area (Å²) in [6, 6.07) is 6.25. The van der Waals surface area contributed by atoms with E-state index in [-0.39, 0.29) is 18.9 Å². The normalized spacial score (nSPS) is 11.1. The number of amides is 2. The second-order valence-corrected chi connectivity index (χ2v) is 4.45. The van der Waals surface area contributed by atoms with Crippen molar-refractivity contribution in [3.8, 4) is 0 Å². The van der Waals surface area contributed by atoms with Crippen molar-refractivity contribution in [3.05, 3.63) is 29.8 Å². The van der Waals surface area contributed by atoms with Crippen LogP contribution in [-0.4, -0.2) is 37.7 Å². The Bertz CT molecular complexity index is 501. The first kappa shape index (κ1) is 18.0. The number of rotatable bonds is 7. The molecule has 1 rings (SSSR count). The van der Waals surface area contributed by atoms with Gasteiger partial charge in [-0.05, 0) is 24.6 Å². The van der Waals surface area contributed by atoms with Gasteiger partial charge < -0.3 is 15.4 Å². The molecule has 0 radical (unpaired) electrons. The van der Waals surface area contributed by atoms with Crippen LogP contribution in [0.5, 0.6) is 0 Å². The van der Waals surface area contributed by atoms with Crippen LogP contribution < -0.4 is 10.6 Å². The lowest BCUT2D eigenvalue weighted by Gasteiger charge is -2.09. The fraction of sp³-hybridized carbons (Fsp3) is 0.429. The van der Waals surface area contributed by atoms with Crippen molar-refractivity contribution in [2.75, 3.05) is 25.1 Å². The Morgan fingerprint density at radius 1 is 1.14 bits per heavy atom. The Morgan fingerprint density at radius 2 is 1.77 bits per heavy atom. The van der Waals surface area contributed by atoms with Gasteiger partial charge in [-0.3, -0.25) is 9.59 Å². The van der Waals surface area contributed by atoms with Crippen LogP contribution in [0.4, 0.5) is 18.9 Å². The molecule has 5 nitrogen and oxygen atoms in total. The highest BCUT2D eigenvalue weighted by molar-refractivity contribution is 5.91. The smallest absolute Gasteiger partial charge is 0.372 e. The van der Waals surface area contributed by atoms with Crippen LogP contribution in [-0.2, 0) is 20.7 Å². The van der Waals surface area contributed by atoms with E-state index in [4.69, 9.17) is 4.74 Å². The largest absolute Gasteiger partial charge is 0.405 e. The lowest BCUT2D eigenvalue weighted by Crippen LogP contribution is -2.34. The molecule has 0 heterocycles. The van der Waals surface area contributed by atoms with Crippen molar-refractivity contribution in [2.24, 2.45) is 0 Å². The molecule has 2 amide bonds. The molecule has 0 aliphatic carbocycles. The number of hydrogen-bond donors (Lipinski definition) is 2. The molecule has 8 heteroatoms. The number of carbonyl (C=O) groups excluding carboxylic acids is 2. The molecule has 0 aliphatic heterocycles. The minimum atomic E-state index is -4.43. The topological polar surface area (TPSA) is 67.4 Å². The summed E-state index contributed by atoms with van der Waals surface area (Å²) in [6.07, 6.45) is -4.59. The molecule has 0 saturated carbocycles. The molecule has 0 aliphatic rings. The van der Waals surface area contributed by atoms with E-state index in [0.717, 1.165) is 0 Å². The molecule has 0 saturated heterocycles. The van der Waals surface area contributed by atoms with Crippen molar-refractivity contribution in [1.29, 1.82) is 0 Å². The van der Waals surface area contributed by atoms with Gasteiger partial charge in [0.25, 0.3) is 0 Å². The van der Waals surface area contributed by atoms with Crippen molar-refractivity contribution in [1.82, 2.24) is 5.32 Å². The third kappa shape index (κ3) is 7.63. The average molecular weight is 318 g/mol. The highest BCUT2D eigenvalue weighted by Crippen LogP contribution is 2.13. The summed E-state index contributed by atoms with van der Waals surface area (Å²) in [7, 11) is 0. The van der Waals surface area contributed by atoms with Crippen LogP contribution in [0.3, 0.4) is 0 Å². The SMILES string of the molecule is CCOCC(=O)Nc1ccc(CC(=O)NCC(F)(F)F)cc1. The standard InChI is InChI=1S/C14H17F3N2O3/c1-2-22-8-13(21)19-11-5-3-10(4-6-11)7-12(20)18-9-14(15,16)17/h3-6H,2,7-9H2,1H3,(H,18,20)(H,19,21). The molecule has 0 unspecified atom stereocenters. The molecule has 22 heavy (non-hydrogen) atoms. The summed E-state index contributed by atoms with van der Waals surface area (Å²) < 4.78 is 40.8. The lowest BCUT2D eigenvalue weighted by atomic mass is 10.1. The average Bonchev–Trinajstić information content (AvgIpc) is 2.44. The lowest BCUT2D eigenvalue weighted by molar-refractivity contribution is -0.138. The van der Waals surface area contributed by atoms with Crippen molar-refractivity contribution < 1.29 is 27.5 Å². The minimum absolute atomic E-state index is 0.0574. The minimum Gasteiger partial charge on any atom is -0.372 e. The first-order valence-corrected chi connectivity index (χ1v) is 6.60. The first-order valence-electron chi connectivity index (χ1n) is 6.60. The van der Waals surface area contributed by atoms with E-state index >= 15 is 0 Å². The van der Waals surface area contributed by atoms with Gasteiger partial charge in [-0.1, -0.05) is 12.1 Å². The number of anilines is 1. The number of halogens is 3. The fourth-order valence-electron chi connectivity index (χ4n) is 1.54. The first-order chi connectivity index (χ1) is 10.3. The maximum atomic E-state index is 12.0. The van der Waals surface area contributed by atoms with Gasteiger partial charge in [0.1, 0.15) is 13.2 Å². The van der Waals surface area contributed by atoms with E-state index in [0.29, 0.717) is 17.9 Å². The predicted molar refractivity (Wildman–Crippen MR) is 74.3 cm³/mol. The Kier molecular flexibility index (Phi) is 6.84. The fourth-order valence-corrected chi connectivity index (χ4v) is 1.54. The van der Waals surface area contributed by atoms with Gasteiger partial charge >= 0.3 is 6.18 Å². The van der Waals surface area contributed by atoms with Gasteiger partial charge in [0.15, 0.2) is 0 Å². The maximum Gasteiger partial charge on any atom is 0.405 e. The summed E-state index contributed by atoms with van der Waals surface area (Å²) in [6.45, 7) is 0.792. The van der Waals surface area contributed by atoms with Crippen LogP contribution in [0.15, 0.2) is 24.3 Å². The summed E-state index contributed by atoms with van der Waals surface area (Å²) in [4.78, 5) is 22.7. The van der Waals surface area contributed by atoms with Crippen LogP contribution in [0.1, 0.15) is 12.5 Å². The number of alkyl halides is 3. The molecule has 0 aromatic heterocycles. The number of ether oxygens (including phenoxy) is 1. The number of carbonyl (C=O) groups is 2. The van der Waals surface area contributed by atoms with Crippen molar-refractivity contribution >= 4 is 17.5 Å². The van der Waals surface area contributed by atoms with Crippen LogP contribution >= 0.6 is 0 Å². The highest BCUT2D eigenvalue weighted by atomic mass is 19.4. The Balaban J connectivity index is 2.44. The molecular formula is C14H17F3N2O3. The van der Waals surface area contributed by atoms with Crippen LogP contribution in [0, 0.1) is 0 Å². The molecule has 0 bridgehead atoms. The van der Waals surface area contributed by atoms with Crippen molar-refractivity contribution in [2.45, 2.75) is 19.5 Å². The molecule has 1 aromatic rings. The molecule has 1 aromatic carbocycles. The number of hydrogen-bond acceptors (Lipinski definition) is 3. The van der Waals surface area contributed by atoms with Gasteiger partial charge in [-0.2, -0.15) is 13.2 Å². The number of benzene rings is 1. The van der Waals surface area contributed by atoms with Gasteiger partial charge in [0, 0.05) is 12.3 Å². The molecule has 2 N–H and O–H groups in total. The Morgan fingerprint density at radius 3 is 2.32 bits per heavy atom. The summed E-state index contributed by atoms with van der Waals surface area (Å²) in [5.74, 6) is -1.03. The third-order valence-corrected chi connectivity index (χ3v) is 2.53. The zero-order valence-electron chi connectivity index (χ0n) is 12.0. The predicted octanol–water partition coefficient (Wildman–Crippen LogP) is 1.88. The molecular weight excluding hydrogens is 301 g/mol. The molecule has 0 atom stereocenters. The van der Waals surface area contributed by atoms with E-state index in [1.54, 1.807) is 36.5 Å². The van der Waals surface area contributed by atoms with E-state index in [1.165, 1.54) is 0 Å². The van der Waals surface area contributed by atoms with Crippen molar-refractivity contribution in [3.63, 3.8) is 0 Å². The molecule has 0 spiro atoms. The monoisotopic (exact) mass is 318 g/mol. The summed E-state index contributed by atoms with van der Waals surface area (Å²) in [5.41, 5.74) is 1.06. The zero-order chi connectivity index (χ0) is 16.6. The maximum absolute atomic E-state index is 12.0.